The highest BCUT2D eigenvalue weighted by molar-refractivity contribution is 6.10. The molecular weight excluding hydrogens is 345 g/mol. The fourth-order valence-electron chi connectivity index (χ4n) is 1.92. The van der Waals surface area contributed by atoms with Crippen LogP contribution in [0, 0.1) is 6.92 Å². The first-order valence-electron chi connectivity index (χ1n) is 6.97. The monoisotopic (exact) mass is 358 g/mol. The Kier molecular flexibility index (Phi) is 5.42. The topological polar surface area (TPSA) is 102 Å². The number of rotatable bonds is 5. The number of nitrogens with one attached hydrogen (secondary N) is 1. The number of halogens is 3. The number of alkyl halides is 3. The van der Waals surface area contributed by atoms with E-state index < -0.39 is 35.9 Å². The number of benzene rings is 1. The molecule has 0 aliphatic heterocycles. The number of aromatic nitrogens is 1. The number of carbonyl (C=O) groups is 2. The Hall–Kier alpha value is -2.88. The van der Waals surface area contributed by atoms with E-state index in [2.05, 4.69) is 15.2 Å². The van der Waals surface area contributed by atoms with Crippen molar-refractivity contribution in [1.82, 2.24) is 5.16 Å². The van der Waals surface area contributed by atoms with Crippen molar-refractivity contribution in [1.29, 1.82) is 0 Å². The molecule has 1 amide bonds. The molecule has 0 unspecified atom stereocenters. The average molecular weight is 358 g/mol. The van der Waals surface area contributed by atoms with Gasteiger partial charge < -0.3 is 19.7 Å². The zero-order valence-electron chi connectivity index (χ0n) is 12.9. The molecule has 25 heavy (non-hydrogen) atoms. The van der Waals surface area contributed by atoms with Crippen LogP contribution in [0.5, 0.6) is 0 Å². The molecule has 0 saturated carbocycles. The normalized spacial score (nSPS) is 11.2. The number of aliphatic hydroxyl groups is 1. The minimum atomic E-state index is -4.49. The Balaban J connectivity index is 2.18. The van der Waals surface area contributed by atoms with Crippen LogP contribution >= 0.6 is 0 Å². The zero-order valence-corrected chi connectivity index (χ0v) is 12.9. The summed E-state index contributed by atoms with van der Waals surface area (Å²) in [5, 5.41) is 14.4. The number of hydrogen-bond acceptors (Lipinski definition) is 6. The molecule has 0 aliphatic carbocycles. The maximum absolute atomic E-state index is 12.5. The van der Waals surface area contributed by atoms with Gasteiger partial charge in [0.2, 0.25) is 5.69 Å². The van der Waals surface area contributed by atoms with Crippen molar-refractivity contribution in [3.05, 3.63) is 46.8 Å². The molecule has 2 N–H and O–H groups in total. The van der Waals surface area contributed by atoms with Crippen LogP contribution in [0.15, 0.2) is 28.8 Å². The first-order valence-corrected chi connectivity index (χ1v) is 6.97. The minimum Gasteiger partial charge on any atom is -0.458 e. The van der Waals surface area contributed by atoms with Crippen LogP contribution in [0.4, 0.5) is 18.9 Å². The standard InChI is InChI=1S/C15H13F3N2O5/c1-8-11(12(20-25-8)14(23)24-7-6-21)13(22)19-10-4-2-9(3-5-10)15(16,17)18/h2-5,21H,6-7H2,1H3,(H,19,22). The van der Waals surface area contributed by atoms with Crippen molar-refractivity contribution in [2.24, 2.45) is 0 Å². The summed E-state index contributed by atoms with van der Waals surface area (Å²) in [6.07, 6.45) is -4.49. The SMILES string of the molecule is Cc1onc(C(=O)OCCO)c1C(=O)Nc1ccc(C(F)(F)F)cc1. The first kappa shape index (κ1) is 18.5. The van der Waals surface area contributed by atoms with Crippen molar-refractivity contribution in [2.45, 2.75) is 13.1 Å². The summed E-state index contributed by atoms with van der Waals surface area (Å²) in [5.74, 6) is -1.74. The maximum atomic E-state index is 12.5. The molecule has 7 nitrogen and oxygen atoms in total. The third kappa shape index (κ3) is 4.35. The molecule has 0 atom stereocenters. The van der Waals surface area contributed by atoms with Crippen molar-refractivity contribution < 1.29 is 37.1 Å². The lowest BCUT2D eigenvalue weighted by atomic mass is 10.1. The Morgan fingerprint density at radius 3 is 2.48 bits per heavy atom. The van der Waals surface area contributed by atoms with Crippen LogP contribution < -0.4 is 5.32 Å². The molecule has 2 rings (SSSR count). The highest BCUT2D eigenvalue weighted by Crippen LogP contribution is 2.30. The van der Waals surface area contributed by atoms with Gasteiger partial charge in [-0.25, -0.2) is 4.79 Å². The lowest BCUT2D eigenvalue weighted by Gasteiger charge is -2.09. The summed E-state index contributed by atoms with van der Waals surface area (Å²) in [4.78, 5) is 24.1. The molecule has 134 valence electrons. The maximum Gasteiger partial charge on any atom is 0.416 e. The second-order valence-electron chi connectivity index (χ2n) is 4.85. The van der Waals surface area contributed by atoms with Crippen molar-refractivity contribution in [2.75, 3.05) is 18.5 Å². The Bertz CT molecular complexity index is 768. The van der Waals surface area contributed by atoms with E-state index in [1.807, 2.05) is 0 Å². The van der Waals surface area contributed by atoms with Crippen LogP contribution in [0.1, 0.15) is 32.2 Å². The van der Waals surface area contributed by atoms with E-state index in [1.165, 1.54) is 6.92 Å². The molecule has 0 spiro atoms. The lowest BCUT2D eigenvalue weighted by Crippen LogP contribution is -2.18. The molecule has 0 aliphatic rings. The molecule has 1 heterocycles. The van der Waals surface area contributed by atoms with E-state index in [9.17, 15) is 22.8 Å². The Morgan fingerprint density at radius 2 is 1.92 bits per heavy atom. The van der Waals surface area contributed by atoms with E-state index in [-0.39, 0.29) is 23.6 Å². The second-order valence-corrected chi connectivity index (χ2v) is 4.85. The number of amides is 1. The molecule has 0 fully saturated rings. The van der Waals surface area contributed by atoms with Crippen LogP contribution in [-0.2, 0) is 10.9 Å². The summed E-state index contributed by atoms with van der Waals surface area (Å²) in [7, 11) is 0. The number of aliphatic hydroxyl groups excluding tert-OH is 1. The predicted molar refractivity (Wildman–Crippen MR) is 78.0 cm³/mol. The number of aryl methyl sites for hydroxylation is 1. The summed E-state index contributed by atoms with van der Waals surface area (Å²) in [6, 6.07) is 3.78. The first-order chi connectivity index (χ1) is 11.7. The third-order valence-electron chi connectivity index (χ3n) is 3.08. The van der Waals surface area contributed by atoms with Crippen LogP contribution in [-0.4, -0.2) is 35.4 Å². The molecule has 1 aromatic carbocycles. The zero-order chi connectivity index (χ0) is 18.6. The molecule has 10 heteroatoms. The van der Waals surface area contributed by atoms with Gasteiger partial charge in [0.1, 0.15) is 17.9 Å². The fraction of sp³-hybridized carbons (Fsp3) is 0.267. The second kappa shape index (κ2) is 7.34. The summed E-state index contributed by atoms with van der Waals surface area (Å²) < 4.78 is 47.0. The van der Waals surface area contributed by atoms with Gasteiger partial charge in [-0.05, 0) is 31.2 Å². The minimum absolute atomic E-state index is 0.0281. The number of esters is 1. The summed E-state index contributed by atoms with van der Waals surface area (Å²) >= 11 is 0. The van der Waals surface area contributed by atoms with Gasteiger partial charge in [0.05, 0.1) is 12.2 Å². The summed E-state index contributed by atoms with van der Waals surface area (Å²) in [5.41, 5.74) is -1.37. The van der Waals surface area contributed by atoms with Crippen LogP contribution in [0.25, 0.3) is 0 Å². The largest absolute Gasteiger partial charge is 0.458 e. The number of anilines is 1. The van der Waals surface area contributed by atoms with Gasteiger partial charge in [-0.2, -0.15) is 13.2 Å². The van der Waals surface area contributed by atoms with Gasteiger partial charge >= 0.3 is 12.1 Å². The highest BCUT2D eigenvalue weighted by atomic mass is 19.4. The average Bonchev–Trinajstić information content (AvgIpc) is 2.94. The Labute approximate surface area is 139 Å². The number of carbonyl (C=O) groups excluding carboxylic acids is 2. The number of nitrogens with zero attached hydrogens (tertiary/aromatic N) is 1. The van der Waals surface area contributed by atoms with Gasteiger partial charge in [-0.15, -0.1) is 0 Å². The van der Waals surface area contributed by atoms with Crippen molar-refractivity contribution in [3.63, 3.8) is 0 Å². The molecule has 0 bridgehead atoms. The van der Waals surface area contributed by atoms with E-state index in [4.69, 9.17) is 9.63 Å². The van der Waals surface area contributed by atoms with Crippen molar-refractivity contribution in [3.8, 4) is 0 Å². The smallest absolute Gasteiger partial charge is 0.416 e. The van der Waals surface area contributed by atoms with E-state index in [1.54, 1.807) is 0 Å². The molecule has 2 aromatic rings. The summed E-state index contributed by atoms with van der Waals surface area (Å²) in [6.45, 7) is 0.692. The molecule has 0 saturated heterocycles. The fourth-order valence-corrected chi connectivity index (χ4v) is 1.92. The third-order valence-corrected chi connectivity index (χ3v) is 3.08. The van der Waals surface area contributed by atoms with Gasteiger partial charge in [0, 0.05) is 5.69 Å². The van der Waals surface area contributed by atoms with Gasteiger partial charge in [0.25, 0.3) is 5.91 Å². The molecule has 1 aromatic heterocycles. The van der Waals surface area contributed by atoms with E-state index in [0.29, 0.717) is 0 Å². The lowest BCUT2D eigenvalue weighted by molar-refractivity contribution is -0.137. The quantitative estimate of drug-likeness (QED) is 0.796. The van der Waals surface area contributed by atoms with Crippen molar-refractivity contribution >= 4 is 17.6 Å². The number of ether oxygens (including phenoxy) is 1. The highest BCUT2D eigenvalue weighted by Gasteiger charge is 2.30. The Morgan fingerprint density at radius 1 is 1.28 bits per heavy atom. The molecule has 0 radical (unpaired) electrons. The predicted octanol–water partition coefficient (Wildman–Crippen LogP) is 2.40. The molecular formula is C15H13F3N2O5. The van der Waals surface area contributed by atoms with Crippen LogP contribution in [0.2, 0.25) is 0 Å². The van der Waals surface area contributed by atoms with Crippen LogP contribution in [0.3, 0.4) is 0 Å². The van der Waals surface area contributed by atoms with Gasteiger partial charge in [-0.1, -0.05) is 5.16 Å². The van der Waals surface area contributed by atoms with E-state index in [0.717, 1.165) is 24.3 Å². The van der Waals surface area contributed by atoms with E-state index >= 15 is 0 Å². The van der Waals surface area contributed by atoms with Gasteiger partial charge in [-0.3, -0.25) is 4.79 Å². The van der Waals surface area contributed by atoms with Gasteiger partial charge in [0.15, 0.2) is 0 Å². The number of hydrogen-bond donors (Lipinski definition) is 2.